The fraction of sp³-hybridized carbons (Fsp3) is 0.667. The molecule has 3 atom stereocenters. The summed E-state index contributed by atoms with van der Waals surface area (Å²) in [5, 5.41) is 1.31. The van der Waals surface area contributed by atoms with Crippen LogP contribution in [-0.4, -0.2) is 36.7 Å². The highest BCUT2D eigenvalue weighted by molar-refractivity contribution is 7.68. The van der Waals surface area contributed by atoms with Gasteiger partial charge in [0.1, 0.15) is 24.0 Å². The van der Waals surface area contributed by atoms with Crippen molar-refractivity contribution >= 4 is 19.1 Å². The molecular formula is C21H32NO3P. The first kappa shape index (κ1) is 19.5. The van der Waals surface area contributed by atoms with Crippen molar-refractivity contribution in [3.8, 4) is 11.5 Å². The summed E-state index contributed by atoms with van der Waals surface area (Å²) in [5.41, 5.74) is -0.299. The van der Waals surface area contributed by atoms with E-state index in [9.17, 15) is 0 Å². The lowest BCUT2D eigenvalue weighted by atomic mass is 9.94. The van der Waals surface area contributed by atoms with Crippen molar-refractivity contribution < 1.29 is 14.2 Å². The average molecular weight is 377 g/mol. The number of fused-ring (bicyclic) bond motifs is 1. The smallest absolute Gasteiger partial charge is 0.193 e. The first-order chi connectivity index (χ1) is 12.1. The molecule has 0 radical (unpaired) electrons. The molecule has 0 fully saturated rings. The molecule has 0 bridgehead atoms. The van der Waals surface area contributed by atoms with E-state index < -0.39 is 7.92 Å². The lowest BCUT2D eigenvalue weighted by molar-refractivity contribution is 0.172. The van der Waals surface area contributed by atoms with E-state index in [2.05, 4.69) is 54.5 Å². The molecule has 4 nitrogen and oxygen atoms in total. The van der Waals surface area contributed by atoms with Gasteiger partial charge in [-0.2, -0.15) is 0 Å². The summed E-state index contributed by atoms with van der Waals surface area (Å²) in [6.45, 7) is 16.4. The van der Waals surface area contributed by atoms with Crippen LogP contribution in [0.2, 0.25) is 0 Å². The van der Waals surface area contributed by atoms with E-state index in [4.69, 9.17) is 19.2 Å². The van der Waals surface area contributed by atoms with Crippen molar-refractivity contribution in [2.45, 2.75) is 65.5 Å². The van der Waals surface area contributed by atoms with Crippen molar-refractivity contribution in [2.24, 2.45) is 16.3 Å². The van der Waals surface area contributed by atoms with Gasteiger partial charge in [-0.25, -0.2) is 4.99 Å². The Labute approximate surface area is 159 Å². The SMILES string of the molecule is COc1cccc2c1[P@](C(C)(C)C)C(C(C)(C)C1=N[C@@H](C(C)C)CO1)O2. The van der Waals surface area contributed by atoms with E-state index in [-0.39, 0.29) is 22.5 Å². The zero-order valence-electron chi connectivity index (χ0n) is 17.3. The molecule has 1 aromatic rings. The van der Waals surface area contributed by atoms with E-state index >= 15 is 0 Å². The Morgan fingerprint density at radius 2 is 1.88 bits per heavy atom. The number of ether oxygens (including phenoxy) is 3. The third kappa shape index (κ3) is 3.22. The number of aliphatic imine (C=N–C) groups is 1. The van der Waals surface area contributed by atoms with Gasteiger partial charge in [0.05, 0.1) is 23.9 Å². The van der Waals surface area contributed by atoms with Crippen molar-refractivity contribution in [3.05, 3.63) is 18.2 Å². The van der Waals surface area contributed by atoms with Gasteiger partial charge in [0.2, 0.25) is 0 Å². The predicted molar refractivity (Wildman–Crippen MR) is 110 cm³/mol. The molecule has 0 saturated carbocycles. The van der Waals surface area contributed by atoms with Crippen LogP contribution in [0.1, 0.15) is 48.5 Å². The predicted octanol–water partition coefficient (Wildman–Crippen LogP) is 4.80. The molecule has 0 aromatic heterocycles. The molecule has 2 aliphatic rings. The summed E-state index contributed by atoms with van der Waals surface area (Å²) in [7, 11) is 1.10. The van der Waals surface area contributed by atoms with Gasteiger partial charge in [-0.3, -0.25) is 0 Å². The number of rotatable bonds is 4. The zero-order chi connectivity index (χ0) is 19.3. The normalized spacial score (nSPS) is 25.6. The second-order valence-corrected chi connectivity index (χ2v) is 12.1. The quantitative estimate of drug-likeness (QED) is 0.708. The Kier molecular flexibility index (Phi) is 5.03. The number of methoxy groups -OCH3 is 1. The van der Waals surface area contributed by atoms with Crippen molar-refractivity contribution in [1.82, 2.24) is 0 Å². The van der Waals surface area contributed by atoms with Crippen LogP contribution in [0.3, 0.4) is 0 Å². The van der Waals surface area contributed by atoms with Crippen molar-refractivity contribution in [3.63, 3.8) is 0 Å². The standard InChI is InChI=1S/C21H32NO3P/c1-13(2)14-12-24-18(22-14)21(6,7)19-25-16-11-9-10-15(23-8)17(16)26(19)20(3,4)5/h9-11,13-14,19H,12H2,1-8H3/t14-,19?,26+/m1/s1. The van der Waals surface area contributed by atoms with Gasteiger partial charge >= 0.3 is 0 Å². The number of hydrogen-bond acceptors (Lipinski definition) is 4. The molecule has 0 aliphatic carbocycles. The molecule has 0 saturated heterocycles. The maximum absolute atomic E-state index is 6.55. The summed E-state index contributed by atoms with van der Waals surface area (Å²) in [4.78, 5) is 4.92. The van der Waals surface area contributed by atoms with Gasteiger partial charge in [0.25, 0.3) is 0 Å². The number of nitrogens with zero attached hydrogens (tertiary/aromatic N) is 1. The van der Waals surface area contributed by atoms with Crippen molar-refractivity contribution in [2.75, 3.05) is 13.7 Å². The molecule has 5 heteroatoms. The molecule has 1 aromatic carbocycles. The topological polar surface area (TPSA) is 40.0 Å². The summed E-state index contributed by atoms with van der Waals surface area (Å²) in [6.07, 6.45) is 0. The maximum atomic E-state index is 6.55. The molecule has 0 spiro atoms. The average Bonchev–Trinajstić information content (AvgIpc) is 3.19. The largest absolute Gasteiger partial charge is 0.496 e. The Hall–Kier alpha value is -1.28. The second kappa shape index (κ2) is 6.71. The minimum atomic E-state index is -0.634. The van der Waals surface area contributed by atoms with E-state index in [0.29, 0.717) is 12.5 Å². The molecule has 0 N–H and O–H groups in total. The van der Waals surface area contributed by atoms with Crippen LogP contribution >= 0.6 is 7.92 Å². The molecular weight excluding hydrogens is 345 g/mol. The Balaban J connectivity index is 2.03. The van der Waals surface area contributed by atoms with Crippen molar-refractivity contribution in [1.29, 1.82) is 0 Å². The van der Waals surface area contributed by atoms with Gasteiger partial charge < -0.3 is 14.2 Å². The minimum Gasteiger partial charge on any atom is -0.496 e. The number of hydrogen-bond donors (Lipinski definition) is 0. The Bertz CT molecular complexity index is 706. The molecule has 2 heterocycles. The highest BCUT2D eigenvalue weighted by Crippen LogP contribution is 2.64. The zero-order valence-corrected chi connectivity index (χ0v) is 18.2. The fourth-order valence-corrected chi connectivity index (χ4v) is 6.99. The second-order valence-electron chi connectivity index (χ2n) is 9.10. The highest BCUT2D eigenvalue weighted by Gasteiger charge is 2.53. The lowest BCUT2D eigenvalue weighted by Gasteiger charge is -2.39. The molecule has 0 amide bonds. The van der Waals surface area contributed by atoms with Crippen LogP contribution in [0.4, 0.5) is 0 Å². The van der Waals surface area contributed by atoms with E-state index in [1.54, 1.807) is 7.11 Å². The first-order valence-corrected chi connectivity index (χ1v) is 10.8. The van der Waals surface area contributed by atoms with Crippen LogP contribution < -0.4 is 14.8 Å². The molecule has 1 unspecified atom stereocenters. The first-order valence-electron chi connectivity index (χ1n) is 9.41. The molecule has 3 rings (SSSR count). The van der Waals surface area contributed by atoms with Crippen LogP contribution in [-0.2, 0) is 4.74 Å². The summed E-state index contributed by atoms with van der Waals surface area (Å²) in [6, 6.07) is 6.34. The molecule has 2 aliphatic heterocycles. The summed E-state index contributed by atoms with van der Waals surface area (Å²) < 4.78 is 18.3. The van der Waals surface area contributed by atoms with E-state index in [0.717, 1.165) is 17.4 Å². The molecule has 26 heavy (non-hydrogen) atoms. The summed E-state index contributed by atoms with van der Waals surface area (Å²) >= 11 is 0. The number of benzene rings is 1. The Morgan fingerprint density at radius 1 is 1.19 bits per heavy atom. The van der Waals surface area contributed by atoms with Crippen LogP contribution in [0.15, 0.2) is 23.2 Å². The van der Waals surface area contributed by atoms with E-state index in [1.165, 1.54) is 5.30 Å². The third-order valence-corrected chi connectivity index (χ3v) is 8.82. The van der Waals surface area contributed by atoms with Gasteiger partial charge in [-0.1, -0.05) is 40.7 Å². The van der Waals surface area contributed by atoms with Crippen LogP contribution in [0.5, 0.6) is 11.5 Å². The third-order valence-electron chi connectivity index (χ3n) is 5.23. The highest BCUT2D eigenvalue weighted by atomic mass is 31.1. The van der Waals surface area contributed by atoms with Gasteiger partial charge in [-0.05, 0) is 45.0 Å². The van der Waals surface area contributed by atoms with E-state index in [1.807, 2.05) is 12.1 Å². The van der Waals surface area contributed by atoms with Gasteiger partial charge in [0.15, 0.2) is 5.90 Å². The minimum absolute atomic E-state index is 0.00784. The Morgan fingerprint density at radius 3 is 2.42 bits per heavy atom. The van der Waals surface area contributed by atoms with Gasteiger partial charge in [0, 0.05) is 0 Å². The van der Waals surface area contributed by atoms with Gasteiger partial charge in [-0.15, -0.1) is 0 Å². The monoisotopic (exact) mass is 377 g/mol. The molecule has 144 valence electrons. The van der Waals surface area contributed by atoms with Crippen LogP contribution in [0, 0.1) is 11.3 Å². The fourth-order valence-electron chi connectivity index (χ4n) is 3.64. The van der Waals surface area contributed by atoms with Crippen LogP contribution in [0.25, 0.3) is 0 Å². The summed E-state index contributed by atoms with van der Waals surface area (Å²) in [5.74, 6) is 3.20. The maximum Gasteiger partial charge on any atom is 0.193 e. The lowest BCUT2D eigenvalue weighted by Crippen LogP contribution is -2.41.